The Balaban J connectivity index is 1.57. The third-order valence-electron chi connectivity index (χ3n) is 6.21. The van der Waals surface area contributed by atoms with Crippen LogP contribution in [0.1, 0.15) is 39.5 Å². The molecule has 3 unspecified atom stereocenters. The molecule has 2 saturated heterocycles. The topological polar surface area (TPSA) is 133 Å². The second-order valence-corrected chi connectivity index (χ2v) is 10.5. The van der Waals surface area contributed by atoms with E-state index >= 15 is 0 Å². The largest absolute Gasteiger partial charge is 0.343 e. The summed E-state index contributed by atoms with van der Waals surface area (Å²) in [6.45, 7) is 3.16. The van der Waals surface area contributed by atoms with E-state index in [1.165, 1.54) is 11.8 Å². The Hall–Kier alpha value is -2.17. The van der Waals surface area contributed by atoms with E-state index in [9.17, 15) is 27.6 Å². The van der Waals surface area contributed by atoms with Crippen LogP contribution in [0.4, 0.5) is 4.79 Å². The van der Waals surface area contributed by atoms with Gasteiger partial charge in [-0.3, -0.25) is 19.3 Å². The summed E-state index contributed by atoms with van der Waals surface area (Å²) in [6.07, 6.45) is 3.24. The lowest BCUT2D eigenvalue weighted by Gasteiger charge is -2.36. The summed E-state index contributed by atoms with van der Waals surface area (Å²) < 4.78 is 23.0. The highest BCUT2D eigenvalue weighted by Crippen LogP contribution is 2.38. The minimum Gasteiger partial charge on any atom is -0.343 e. The maximum atomic E-state index is 12.9. The molecule has 1 aliphatic carbocycles. The zero-order valence-corrected chi connectivity index (χ0v) is 17.6. The van der Waals surface area contributed by atoms with Gasteiger partial charge in [0.15, 0.2) is 9.84 Å². The van der Waals surface area contributed by atoms with Gasteiger partial charge in [0.2, 0.25) is 11.8 Å². The smallest absolute Gasteiger partial charge is 0.325 e. The Kier molecular flexibility index (Phi) is 5.88. The molecular formula is C18H28N4O6S. The van der Waals surface area contributed by atoms with E-state index in [0.29, 0.717) is 6.42 Å². The average Bonchev–Trinajstić information content (AvgIpc) is 2.88. The molecular weight excluding hydrogens is 400 g/mol. The summed E-state index contributed by atoms with van der Waals surface area (Å²) >= 11 is 0. The third-order valence-corrected chi connectivity index (χ3v) is 7.82. The van der Waals surface area contributed by atoms with Gasteiger partial charge in [0.05, 0.1) is 11.5 Å². The van der Waals surface area contributed by atoms with Crippen LogP contribution >= 0.6 is 0 Å². The van der Waals surface area contributed by atoms with Gasteiger partial charge in [0.1, 0.15) is 18.1 Å². The first-order chi connectivity index (χ1) is 13.6. The SMILES string of the molecule is CC(NC(=O)CN1C(=O)NC2(CCCCC2C)C1=O)C(=O)N1CCS(=O)(=O)CC1. The van der Waals surface area contributed by atoms with Gasteiger partial charge in [-0.1, -0.05) is 19.8 Å². The van der Waals surface area contributed by atoms with E-state index in [0.717, 1.165) is 24.2 Å². The van der Waals surface area contributed by atoms with Gasteiger partial charge in [-0.15, -0.1) is 0 Å². The molecule has 2 aliphatic heterocycles. The molecule has 2 N–H and O–H groups in total. The lowest BCUT2D eigenvalue weighted by atomic mass is 9.73. The number of sulfone groups is 1. The number of urea groups is 1. The van der Waals surface area contributed by atoms with Crippen molar-refractivity contribution in [2.45, 2.75) is 51.1 Å². The number of carbonyl (C=O) groups excluding carboxylic acids is 4. The second kappa shape index (κ2) is 7.92. The molecule has 11 heteroatoms. The summed E-state index contributed by atoms with van der Waals surface area (Å²) in [5.74, 6) is -1.58. The molecule has 0 aromatic rings. The van der Waals surface area contributed by atoms with Crippen molar-refractivity contribution in [1.82, 2.24) is 20.4 Å². The van der Waals surface area contributed by atoms with Gasteiger partial charge in [-0.25, -0.2) is 13.2 Å². The first-order valence-electron chi connectivity index (χ1n) is 9.98. The van der Waals surface area contributed by atoms with Crippen LogP contribution in [0, 0.1) is 5.92 Å². The number of amides is 5. The fourth-order valence-electron chi connectivity index (χ4n) is 4.34. The molecule has 1 saturated carbocycles. The Labute approximate surface area is 170 Å². The molecule has 3 atom stereocenters. The Morgan fingerprint density at radius 3 is 2.52 bits per heavy atom. The van der Waals surface area contributed by atoms with Crippen molar-refractivity contribution in [2.75, 3.05) is 31.1 Å². The first-order valence-corrected chi connectivity index (χ1v) is 11.8. The van der Waals surface area contributed by atoms with E-state index < -0.39 is 39.9 Å². The van der Waals surface area contributed by atoms with Crippen molar-refractivity contribution in [1.29, 1.82) is 0 Å². The minimum absolute atomic E-state index is 0.00311. The van der Waals surface area contributed by atoms with E-state index in [-0.39, 0.29) is 42.3 Å². The third kappa shape index (κ3) is 4.24. The summed E-state index contributed by atoms with van der Waals surface area (Å²) in [5.41, 5.74) is -0.934. The zero-order valence-electron chi connectivity index (χ0n) is 16.8. The van der Waals surface area contributed by atoms with Crippen molar-refractivity contribution in [3.63, 3.8) is 0 Å². The maximum absolute atomic E-state index is 12.9. The van der Waals surface area contributed by atoms with Crippen LogP contribution in [0.2, 0.25) is 0 Å². The fraction of sp³-hybridized carbons (Fsp3) is 0.778. The standard InChI is InChI=1S/C18H28N4O6S/c1-12-5-3-4-6-18(12)16(25)22(17(26)20-18)11-14(23)19-13(2)15(24)21-7-9-29(27,28)10-8-21/h12-13H,3-11H2,1-2H3,(H,19,23)(H,20,26). The highest BCUT2D eigenvalue weighted by molar-refractivity contribution is 7.91. The Morgan fingerprint density at radius 2 is 1.90 bits per heavy atom. The molecule has 29 heavy (non-hydrogen) atoms. The van der Waals surface area contributed by atoms with Gasteiger partial charge in [-0.05, 0) is 25.7 Å². The Bertz CT molecular complexity index is 814. The van der Waals surface area contributed by atoms with Gasteiger partial charge >= 0.3 is 6.03 Å². The van der Waals surface area contributed by atoms with E-state index in [1.807, 2.05) is 6.92 Å². The van der Waals surface area contributed by atoms with Crippen molar-refractivity contribution < 1.29 is 27.6 Å². The van der Waals surface area contributed by atoms with Gasteiger partial charge in [0, 0.05) is 13.1 Å². The van der Waals surface area contributed by atoms with Crippen LogP contribution in [0.3, 0.4) is 0 Å². The number of carbonyl (C=O) groups is 4. The molecule has 3 fully saturated rings. The lowest BCUT2D eigenvalue weighted by molar-refractivity contribution is -0.138. The van der Waals surface area contributed by atoms with Gasteiger partial charge < -0.3 is 15.5 Å². The summed E-state index contributed by atoms with van der Waals surface area (Å²) in [7, 11) is -3.11. The molecule has 5 amide bonds. The molecule has 2 heterocycles. The number of imide groups is 1. The second-order valence-electron chi connectivity index (χ2n) is 8.21. The van der Waals surface area contributed by atoms with Gasteiger partial charge in [0.25, 0.3) is 5.91 Å². The Morgan fingerprint density at radius 1 is 1.24 bits per heavy atom. The summed E-state index contributed by atoms with van der Waals surface area (Å²) in [6, 6.07) is -1.47. The fourth-order valence-corrected chi connectivity index (χ4v) is 5.54. The van der Waals surface area contributed by atoms with E-state index in [2.05, 4.69) is 10.6 Å². The molecule has 0 bridgehead atoms. The molecule has 162 valence electrons. The zero-order chi connectivity index (χ0) is 21.4. The van der Waals surface area contributed by atoms with E-state index in [4.69, 9.17) is 0 Å². The van der Waals surface area contributed by atoms with Crippen LogP contribution in [-0.2, 0) is 24.2 Å². The monoisotopic (exact) mass is 428 g/mol. The highest BCUT2D eigenvalue weighted by atomic mass is 32.2. The van der Waals surface area contributed by atoms with Gasteiger partial charge in [-0.2, -0.15) is 0 Å². The van der Waals surface area contributed by atoms with Crippen LogP contribution in [0.25, 0.3) is 0 Å². The molecule has 0 radical (unpaired) electrons. The molecule has 3 rings (SSSR count). The number of nitrogens with zero attached hydrogens (tertiary/aromatic N) is 2. The van der Waals surface area contributed by atoms with Crippen LogP contribution < -0.4 is 10.6 Å². The number of hydrogen-bond donors (Lipinski definition) is 2. The molecule has 10 nitrogen and oxygen atoms in total. The van der Waals surface area contributed by atoms with Crippen LogP contribution in [0.5, 0.6) is 0 Å². The molecule has 0 aromatic carbocycles. The van der Waals surface area contributed by atoms with Crippen molar-refractivity contribution in [3.05, 3.63) is 0 Å². The quantitative estimate of drug-likeness (QED) is 0.566. The molecule has 3 aliphatic rings. The predicted octanol–water partition coefficient (Wildman–Crippen LogP) is -0.751. The predicted molar refractivity (Wildman–Crippen MR) is 103 cm³/mol. The number of nitrogens with one attached hydrogen (secondary N) is 2. The summed E-state index contributed by atoms with van der Waals surface area (Å²) in [4.78, 5) is 52.4. The van der Waals surface area contributed by atoms with Crippen molar-refractivity contribution in [3.8, 4) is 0 Å². The number of hydrogen-bond acceptors (Lipinski definition) is 6. The molecule has 1 spiro atoms. The molecule has 0 aromatic heterocycles. The lowest BCUT2D eigenvalue weighted by Crippen LogP contribution is -2.55. The highest BCUT2D eigenvalue weighted by Gasteiger charge is 2.55. The van der Waals surface area contributed by atoms with Crippen molar-refractivity contribution in [2.24, 2.45) is 5.92 Å². The maximum Gasteiger partial charge on any atom is 0.325 e. The van der Waals surface area contributed by atoms with Crippen molar-refractivity contribution >= 4 is 33.6 Å². The summed E-state index contributed by atoms with van der Waals surface area (Å²) in [5, 5.41) is 5.30. The van der Waals surface area contributed by atoms with Crippen LogP contribution in [0.15, 0.2) is 0 Å². The van der Waals surface area contributed by atoms with E-state index in [1.54, 1.807) is 0 Å². The average molecular weight is 429 g/mol. The normalized spacial score (nSPS) is 30.2. The number of rotatable bonds is 4. The first kappa shape index (κ1) is 21.5. The minimum atomic E-state index is -3.11. The van der Waals surface area contributed by atoms with Crippen LogP contribution in [-0.4, -0.2) is 84.7 Å².